The fourth-order valence-corrected chi connectivity index (χ4v) is 2.30. The average Bonchev–Trinajstić information content (AvgIpc) is 2.66. The molecule has 0 fully saturated rings. The predicted octanol–water partition coefficient (Wildman–Crippen LogP) is 0.207. The molecule has 0 aliphatic carbocycles. The zero-order valence-electron chi connectivity index (χ0n) is 10.9. The van der Waals surface area contributed by atoms with Gasteiger partial charge in [0.15, 0.2) is 0 Å². The van der Waals surface area contributed by atoms with Crippen LogP contribution < -0.4 is 15.9 Å². The average molecular weight is 286 g/mol. The van der Waals surface area contributed by atoms with E-state index < -0.39 is 18.8 Å². The maximum atomic E-state index is 9.94. The van der Waals surface area contributed by atoms with Gasteiger partial charge in [0, 0.05) is 22.6 Å². The molecule has 1 heterocycles. The van der Waals surface area contributed by atoms with Crippen LogP contribution >= 0.6 is 11.6 Å². The molecule has 1 aromatic rings. The topological polar surface area (TPSA) is 84.9 Å². The maximum absolute atomic E-state index is 9.94. The molecule has 2 rings (SSSR count). The van der Waals surface area contributed by atoms with Gasteiger partial charge in [0.05, 0.1) is 11.7 Å². The molecular weight excluding hydrogens is 268 g/mol. The molecular formula is C12H17BClNO4. The van der Waals surface area contributed by atoms with Crippen LogP contribution in [0.3, 0.4) is 0 Å². The first-order valence-electron chi connectivity index (χ1n) is 6.04. The first-order chi connectivity index (χ1) is 8.83. The second kappa shape index (κ2) is 5.30. The van der Waals surface area contributed by atoms with Crippen molar-refractivity contribution in [2.75, 3.05) is 13.2 Å². The van der Waals surface area contributed by atoms with Crippen LogP contribution in [-0.4, -0.2) is 36.0 Å². The van der Waals surface area contributed by atoms with Gasteiger partial charge in [0.25, 0.3) is 0 Å². The Hall–Kier alpha value is -0.785. The highest BCUT2D eigenvalue weighted by molar-refractivity contribution is 6.63. The lowest BCUT2D eigenvalue weighted by Crippen LogP contribution is -2.33. The molecule has 0 bridgehead atoms. The van der Waals surface area contributed by atoms with E-state index in [2.05, 4.69) is 0 Å². The van der Waals surface area contributed by atoms with Crippen LogP contribution in [0.15, 0.2) is 12.1 Å². The number of hydrogen-bond donors (Lipinski definition) is 3. The molecule has 0 amide bonds. The summed E-state index contributed by atoms with van der Waals surface area (Å²) in [5.41, 5.74) is 5.78. The number of rotatable bonds is 4. The van der Waals surface area contributed by atoms with Crippen LogP contribution in [0, 0.1) is 0 Å². The van der Waals surface area contributed by atoms with Crippen LogP contribution in [0.25, 0.3) is 0 Å². The predicted molar refractivity (Wildman–Crippen MR) is 73.7 cm³/mol. The third-order valence-electron chi connectivity index (χ3n) is 2.85. The Balaban J connectivity index is 2.35. The summed E-state index contributed by atoms with van der Waals surface area (Å²) < 4.78 is 10.9. The van der Waals surface area contributed by atoms with Gasteiger partial charge in [-0.3, -0.25) is 0 Å². The zero-order chi connectivity index (χ0) is 14.2. The van der Waals surface area contributed by atoms with Gasteiger partial charge in [-0.1, -0.05) is 11.6 Å². The van der Waals surface area contributed by atoms with Crippen molar-refractivity contribution in [2.45, 2.75) is 25.6 Å². The molecule has 5 nitrogen and oxygen atoms in total. The largest absolute Gasteiger partial charge is 0.495 e. The lowest BCUT2D eigenvalue weighted by atomic mass is 9.78. The molecule has 0 radical (unpaired) electrons. The van der Waals surface area contributed by atoms with Crippen molar-refractivity contribution in [1.82, 2.24) is 0 Å². The van der Waals surface area contributed by atoms with E-state index in [-0.39, 0.29) is 13.2 Å². The van der Waals surface area contributed by atoms with E-state index in [1.54, 1.807) is 26.0 Å². The van der Waals surface area contributed by atoms with E-state index in [0.717, 1.165) is 0 Å². The molecule has 19 heavy (non-hydrogen) atoms. The molecule has 0 saturated carbocycles. The minimum absolute atomic E-state index is 0.0983. The number of hydrogen-bond acceptors (Lipinski definition) is 5. The molecule has 7 heteroatoms. The summed E-state index contributed by atoms with van der Waals surface area (Å²) in [6, 6.07) is 3.32. The minimum Gasteiger partial charge on any atom is -0.491 e. The summed E-state index contributed by atoms with van der Waals surface area (Å²) in [5.74, 6) is 0.449. The molecule has 1 aliphatic heterocycles. The van der Waals surface area contributed by atoms with Crippen LogP contribution in [0.5, 0.6) is 5.75 Å². The Morgan fingerprint density at radius 2 is 2.21 bits per heavy atom. The van der Waals surface area contributed by atoms with Crippen LogP contribution in [0.1, 0.15) is 25.5 Å². The molecule has 0 aromatic heterocycles. The van der Waals surface area contributed by atoms with E-state index in [1.807, 2.05) is 0 Å². The molecule has 0 saturated heterocycles. The van der Waals surface area contributed by atoms with Crippen molar-refractivity contribution in [3.8, 4) is 5.75 Å². The van der Waals surface area contributed by atoms with Crippen molar-refractivity contribution >= 4 is 24.2 Å². The maximum Gasteiger partial charge on any atom is 0.495 e. The van der Waals surface area contributed by atoms with Crippen molar-refractivity contribution in [3.63, 3.8) is 0 Å². The van der Waals surface area contributed by atoms with Crippen LogP contribution in [-0.2, 0) is 4.65 Å². The number of fused-ring (bicyclic) bond motifs is 1. The molecule has 1 aromatic carbocycles. The van der Waals surface area contributed by atoms with E-state index in [1.165, 1.54) is 0 Å². The standard InChI is InChI=1S/C12H17BClNO4/c1-12(2,16)6-18-8-4-3-7(14)10-9(5-15)19-13(17)11(8)10/h3-4,9,16-17H,5-6,15H2,1-2H3/t9-/m1/s1. The summed E-state index contributed by atoms with van der Waals surface area (Å²) in [7, 11) is -1.11. The van der Waals surface area contributed by atoms with Gasteiger partial charge >= 0.3 is 7.12 Å². The number of halogens is 1. The number of benzene rings is 1. The zero-order valence-corrected chi connectivity index (χ0v) is 11.6. The molecule has 104 valence electrons. The van der Waals surface area contributed by atoms with Crippen molar-refractivity contribution in [3.05, 3.63) is 22.7 Å². The normalized spacial score (nSPS) is 18.6. The van der Waals surface area contributed by atoms with E-state index in [9.17, 15) is 10.1 Å². The Morgan fingerprint density at radius 1 is 1.53 bits per heavy atom. The second-order valence-electron chi connectivity index (χ2n) is 5.19. The Labute approximate surface area is 117 Å². The molecule has 1 aliphatic rings. The van der Waals surface area contributed by atoms with Crippen LogP contribution in [0.4, 0.5) is 0 Å². The van der Waals surface area contributed by atoms with Gasteiger partial charge in [-0.25, -0.2) is 0 Å². The van der Waals surface area contributed by atoms with Crippen molar-refractivity contribution in [2.24, 2.45) is 5.73 Å². The van der Waals surface area contributed by atoms with Gasteiger partial charge in [0.1, 0.15) is 12.4 Å². The highest BCUT2D eigenvalue weighted by Crippen LogP contribution is 2.33. The molecule has 0 unspecified atom stereocenters. The smallest absolute Gasteiger partial charge is 0.491 e. The third-order valence-corrected chi connectivity index (χ3v) is 3.18. The second-order valence-corrected chi connectivity index (χ2v) is 5.59. The summed E-state index contributed by atoms with van der Waals surface area (Å²) in [6.07, 6.45) is -0.441. The van der Waals surface area contributed by atoms with Gasteiger partial charge in [-0.15, -0.1) is 0 Å². The van der Waals surface area contributed by atoms with Crippen LogP contribution in [0.2, 0.25) is 5.02 Å². The summed E-state index contributed by atoms with van der Waals surface area (Å²) in [5, 5.41) is 20.1. The lowest BCUT2D eigenvalue weighted by molar-refractivity contribution is 0.0288. The first-order valence-corrected chi connectivity index (χ1v) is 6.42. The van der Waals surface area contributed by atoms with E-state index in [0.29, 0.717) is 21.8 Å². The monoisotopic (exact) mass is 285 g/mol. The summed E-state index contributed by atoms with van der Waals surface area (Å²) in [6.45, 7) is 3.59. The van der Waals surface area contributed by atoms with Gasteiger partial charge < -0.3 is 25.3 Å². The SMILES string of the molecule is CC(C)(O)COc1ccc(Cl)c2c1B(O)O[C@@H]2CN. The Bertz CT molecular complexity index is 478. The number of nitrogens with two attached hydrogens (primary N) is 1. The van der Waals surface area contributed by atoms with E-state index in [4.69, 9.17) is 26.7 Å². The first kappa shape index (κ1) is 14.6. The molecule has 1 atom stereocenters. The Kier molecular flexibility index (Phi) is 4.08. The summed E-state index contributed by atoms with van der Waals surface area (Å²) >= 11 is 6.12. The molecule has 0 spiro atoms. The highest BCUT2D eigenvalue weighted by Gasteiger charge is 2.39. The number of aliphatic hydroxyl groups is 1. The van der Waals surface area contributed by atoms with Gasteiger partial charge in [-0.2, -0.15) is 0 Å². The number of ether oxygens (including phenoxy) is 1. The highest BCUT2D eigenvalue weighted by atomic mass is 35.5. The van der Waals surface area contributed by atoms with Gasteiger partial charge in [-0.05, 0) is 26.0 Å². The summed E-state index contributed by atoms with van der Waals surface area (Å²) in [4.78, 5) is 0. The van der Waals surface area contributed by atoms with Crippen molar-refractivity contribution in [1.29, 1.82) is 0 Å². The fraction of sp³-hybridized carbons (Fsp3) is 0.500. The Morgan fingerprint density at radius 3 is 2.79 bits per heavy atom. The molecule has 4 N–H and O–H groups in total. The van der Waals surface area contributed by atoms with E-state index >= 15 is 0 Å². The fourth-order valence-electron chi connectivity index (χ4n) is 2.02. The third kappa shape index (κ3) is 3.04. The lowest BCUT2D eigenvalue weighted by Gasteiger charge is -2.19. The quantitative estimate of drug-likeness (QED) is 0.689. The van der Waals surface area contributed by atoms with Crippen molar-refractivity contribution < 1.29 is 19.5 Å². The van der Waals surface area contributed by atoms with Gasteiger partial charge in [0.2, 0.25) is 0 Å². The minimum atomic E-state index is -1.11.